The summed E-state index contributed by atoms with van der Waals surface area (Å²) >= 11 is 0. The summed E-state index contributed by atoms with van der Waals surface area (Å²) < 4.78 is 0. The maximum atomic E-state index is 12.3. The van der Waals surface area contributed by atoms with Crippen LogP contribution in [0.2, 0.25) is 0 Å². The van der Waals surface area contributed by atoms with Crippen LogP contribution in [0.5, 0.6) is 0 Å². The molecule has 6 nitrogen and oxygen atoms in total. The predicted molar refractivity (Wildman–Crippen MR) is 92.3 cm³/mol. The van der Waals surface area contributed by atoms with Crippen LogP contribution in [0.4, 0.5) is 0 Å². The van der Waals surface area contributed by atoms with Gasteiger partial charge in [-0.1, -0.05) is 20.8 Å². The summed E-state index contributed by atoms with van der Waals surface area (Å²) in [7, 11) is 4.15. The number of rotatable bonds is 5. The molecule has 0 saturated carbocycles. The topological polar surface area (TPSA) is 55.5 Å². The molecular formula is C17H31N5O. The van der Waals surface area contributed by atoms with Gasteiger partial charge in [-0.2, -0.15) is 5.10 Å². The zero-order valence-corrected chi connectivity index (χ0v) is 15.2. The van der Waals surface area contributed by atoms with E-state index in [0.717, 1.165) is 50.7 Å². The number of hydrogen-bond donors (Lipinski definition) is 1. The number of hydrogen-bond acceptors (Lipinski definition) is 4. The van der Waals surface area contributed by atoms with E-state index in [0.29, 0.717) is 6.42 Å². The molecule has 1 amide bonds. The summed E-state index contributed by atoms with van der Waals surface area (Å²) in [5, 5.41) is 7.49. The molecule has 0 radical (unpaired) electrons. The van der Waals surface area contributed by atoms with Gasteiger partial charge in [0.15, 0.2) is 0 Å². The highest BCUT2D eigenvalue weighted by molar-refractivity contribution is 5.76. The number of aromatic nitrogens is 2. The summed E-state index contributed by atoms with van der Waals surface area (Å²) in [6, 6.07) is 2.12. The number of H-pyrrole nitrogens is 1. The normalized spacial score (nSPS) is 17.0. The SMILES string of the molecule is CN1CCN(C(=O)CCN(C)Cc2cc(C(C)(C)C)n[nH]2)CC1. The highest BCUT2D eigenvalue weighted by Crippen LogP contribution is 2.20. The number of piperazine rings is 1. The molecule has 0 bridgehead atoms. The van der Waals surface area contributed by atoms with Crippen molar-refractivity contribution in [1.29, 1.82) is 0 Å². The summed E-state index contributed by atoms with van der Waals surface area (Å²) in [6.07, 6.45) is 0.584. The first-order chi connectivity index (χ1) is 10.8. The number of likely N-dealkylation sites (N-methyl/N-ethyl adjacent to an activating group) is 1. The van der Waals surface area contributed by atoms with Gasteiger partial charge in [0.25, 0.3) is 0 Å². The minimum atomic E-state index is 0.0602. The van der Waals surface area contributed by atoms with E-state index < -0.39 is 0 Å². The first-order valence-corrected chi connectivity index (χ1v) is 8.45. The minimum Gasteiger partial charge on any atom is -0.340 e. The lowest BCUT2D eigenvalue weighted by Crippen LogP contribution is -2.47. The van der Waals surface area contributed by atoms with Gasteiger partial charge >= 0.3 is 0 Å². The second-order valence-electron chi connectivity index (χ2n) is 7.70. The standard InChI is InChI=1S/C17H31N5O/c1-17(2,3)15-12-14(18-19-15)13-21(5)7-6-16(23)22-10-8-20(4)9-11-22/h12H,6-11,13H2,1-5H3,(H,18,19). The third-order valence-electron chi connectivity index (χ3n) is 4.40. The second-order valence-corrected chi connectivity index (χ2v) is 7.70. The Morgan fingerprint density at radius 2 is 1.96 bits per heavy atom. The Kier molecular flexibility index (Phi) is 5.81. The van der Waals surface area contributed by atoms with Crippen molar-refractivity contribution in [1.82, 2.24) is 24.9 Å². The zero-order valence-electron chi connectivity index (χ0n) is 15.2. The number of carbonyl (C=O) groups excluding carboxylic acids is 1. The van der Waals surface area contributed by atoms with Gasteiger partial charge in [-0.25, -0.2) is 0 Å². The molecule has 1 saturated heterocycles. The molecule has 1 aliphatic heterocycles. The highest BCUT2D eigenvalue weighted by Gasteiger charge is 2.20. The lowest BCUT2D eigenvalue weighted by atomic mass is 9.92. The lowest BCUT2D eigenvalue weighted by molar-refractivity contribution is -0.133. The van der Waals surface area contributed by atoms with E-state index in [4.69, 9.17) is 0 Å². The average Bonchev–Trinajstić information content (AvgIpc) is 2.94. The van der Waals surface area contributed by atoms with Gasteiger partial charge in [-0.3, -0.25) is 9.89 Å². The number of nitrogens with one attached hydrogen (secondary N) is 1. The summed E-state index contributed by atoms with van der Waals surface area (Å²) in [5.74, 6) is 0.268. The molecule has 0 unspecified atom stereocenters. The van der Waals surface area contributed by atoms with Gasteiger partial charge in [-0.15, -0.1) is 0 Å². The van der Waals surface area contributed by atoms with Crippen molar-refractivity contribution < 1.29 is 4.79 Å². The van der Waals surface area contributed by atoms with E-state index >= 15 is 0 Å². The van der Waals surface area contributed by atoms with Crippen LogP contribution in [0.25, 0.3) is 0 Å². The number of carbonyl (C=O) groups is 1. The smallest absolute Gasteiger partial charge is 0.223 e. The first kappa shape index (κ1) is 17.9. The maximum absolute atomic E-state index is 12.3. The Morgan fingerprint density at radius 1 is 1.30 bits per heavy atom. The third-order valence-corrected chi connectivity index (χ3v) is 4.40. The van der Waals surface area contributed by atoms with Gasteiger partial charge in [-0.05, 0) is 20.2 Å². The van der Waals surface area contributed by atoms with Crippen molar-refractivity contribution in [2.45, 2.75) is 39.2 Å². The third kappa shape index (κ3) is 5.32. The molecular weight excluding hydrogens is 290 g/mol. The molecule has 1 aromatic heterocycles. The van der Waals surface area contributed by atoms with Crippen LogP contribution in [-0.4, -0.2) is 77.6 Å². The summed E-state index contributed by atoms with van der Waals surface area (Å²) in [5.41, 5.74) is 2.24. The molecule has 1 N–H and O–H groups in total. The van der Waals surface area contributed by atoms with Crippen molar-refractivity contribution in [3.63, 3.8) is 0 Å². The van der Waals surface area contributed by atoms with E-state index in [-0.39, 0.29) is 11.3 Å². The number of aromatic amines is 1. The van der Waals surface area contributed by atoms with Crippen LogP contribution >= 0.6 is 0 Å². The molecule has 2 rings (SSSR count). The largest absolute Gasteiger partial charge is 0.340 e. The highest BCUT2D eigenvalue weighted by atomic mass is 16.2. The van der Waals surface area contributed by atoms with E-state index in [2.05, 4.69) is 60.9 Å². The molecule has 1 fully saturated rings. The van der Waals surface area contributed by atoms with Crippen LogP contribution in [0, 0.1) is 0 Å². The van der Waals surface area contributed by atoms with Crippen molar-refractivity contribution in [3.8, 4) is 0 Å². The Hall–Kier alpha value is -1.40. The number of nitrogens with zero attached hydrogens (tertiary/aromatic N) is 4. The molecule has 0 aliphatic carbocycles. The Labute approximate surface area is 139 Å². The predicted octanol–water partition coefficient (Wildman–Crippen LogP) is 1.30. The van der Waals surface area contributed by atoms with Crippen LogP contribution in [0.15, 0.2) is 6.07 Å². The Morgan fingerprint density at radius 3 is 2.52 bits per heavy atom. The molecule has 0 spiro atoms. The molecule has 23 heavy (non-hydrogen) atoms. The van der Waals surface area contributed by atoms with E-state index in [1.54, 1.807) is 0 Å². The van der Waals surface area contributed by atoms with Crippen molar-refractivity contribution in [2.24, 2.45) is 0 Å². The van der Waals surface area contributed by atoms with Crippen molar-refractivity contribution >= 4 is 5.91 Å². The van der Waals surface area contributed by atoms with Gasteiger partial charge in [0.05, 0.1) is 5.69 Å². The first-order valence-electron chi connectivity index (χ1n) is 8.45. The Bertz CT molecular complexity index is 511. The molecule has 1 aliphatic rings. The summed E-state index contributed by atoms with van der Waals surface area (Å²) in [6.45, 7) is 11.7. The minimum absolute atomic E-state index is 0.0602. The van der Waals surface area contributed by atoms with Gasteiger partial charge < -0.3 is 14.7 Å². The van der Waals surface area contributed by atoms with E-state index in [1.807, 2.05) is 4.90 Å². The fourth-order valence-electron chi connectivity index (χ4n) is 2.70. The van der Waals surface area contributed by atoms with Crippen LogP contribution in [-0.2, 0) is 16.8 Å². The van der Waals surface area contributed by atoms with Gasteiger partial charge in [0.1, 0.15) is 0 Å². The van der Waals surface area contributed by atoms with Crippen molar-refractivity contribution in [2.75, 3.05) is 46.8 Å². The molecule has 6 heteroatoms. The van der Waals surface area contributed by atoms with Crippen LogP contribution < -0.4 is 0 Å². The molecule has 2 heterocycles. The quantitative estimate of drug-likeness (QED) is 0.888. The molecule has 0 atom stereocenters. The average molecular weight is 321 g/mol. The van der Waals surface area contributed by atoms with Crippen LogP contribution in [0.1, 0.15) is 38.6 Å². The maximum Gasteiger partial charge on any atom is 0.223 e. The zero-order chi connectivity index (χ0) is 17.0. The fourth-order valence-corrected chi connectivity index (χ4v) is 2.70. The monoisotopic (exact) mass is 321 g/mol. The van der Waals surface area contributed by atoms with Crippen LogP contribution in [0.3, 0.4) is 0 Å². The second kappa shape index (κ2) is 7.45. The van der Waals surface area contributed by atoms with E-state index in [9.17, 15) is 4.79 Å². The van der Waals surface area contributed by atoms with Gasteiger partial charge in [0, 0.05) is 56.8 Å². The molecule has 0 aromatic carbocycles. The lowest BCUT2D eigenvalue weighted by Gasteiger charge is -2.32. The number of amides is 1. The molecule has 1 aromatic rings. The van der Waals surface area contributed by atoms with Crippen molar-refractivity contribution in [3.05, 3.63) is 17.5 Å². The van der Waals surface area contributed by atoms with E-state index in [1.165, 1.54) is 0 Å². The summed E-state index contributed by atoms with van der Waals surface area (Å²) in [4.78, 5) is 18.7. The Balaban J connectivity index is 1.75. The fraction of sp³-hybridized carbons (Fsp3) is 0.765. The van der Waals surface area contributed by atoms with Gasteiger partial charge in [0.2, 0.25) is 5.91 Å². The molecule has 130 valence electrons.